The molecule has 3 aliphatic rings. The molecule has 0 radical (unpaired) electrons. The molecule has 3 amide bonds. The Labute approximate surface area is 170 Å². The Kier molecular flexibility index (Phi) is 4.41. The second-order valence-electron chi connectivity index (χ2n) is 7.25. The summed E-state index contributed by atoms with van der Waals surface area (Å²) < 4.78 is 10.2. The number of benzene rings is 1. The summed E-state index contributed by atoms with van der Waals surface area (Å²) in [7, 11) is 1.18. The van der Waals surface area contributed by atoms with Crippen molar-refractivity contribution in [3.8, 4) is 0 Å². The van der Waals surface area contributed by atoms with Crippen LogP contribution in [0.25, 0.3) is 0 Å². The molecule has 1 aromatic carbocycles. The number of carbonyl (C=O) groups is 5. The van der Waals surface area contributed by atoms with Gasteiger partial charge in [0, 0.05) is 12.7 Å². The summed E-state index contributed by atoms with van der Waals surface area (Å²) in [5, 5.41) is -0.627. The highest BCUT2D eigenvalue weighted by Gasteiger charge is 2.66. The molecule has 0 N–H and O–H groups in total. The third-order valence-corrected chi connectivity index (χ3v) is 6.92. The van der Waals surface area contributed by atoms with Crippen LogP contribution >= 0.6 is 11.8 Å². The lowest BCUT2D eigenvalue weighted by Gasteiger charge is -2.58. The van der Waals surface area contributed by atoms with Gasteiger partial charge in [-0.25, -0.2) is 4.79 Å². The fraction of sp³-hybridized carbons (Fsp3) is 0.421. The van der Waals surface area contributed by atoms with Crippen LogP contribution in [-0.4, -0.2) is 75.4 Å². The van der Waals surface area contributed by atoms with E-state index in [0.717, 1.165) is 4.90 Å². The molecule has 0 saturated carbocycles. The van der Waals surface area contributed by atoms with Gasteiger partial charge in [0.25, 0.3) is 17.7 Å². The molecule has 3 heterocycles. The normalized spacial score (nSPS) is 30.4. The molecule has 3 unspecified atom stereocenters. The van der Waals surface area contributed by atoms with Crippen LogP contribution in [0.15, 0.2) is 24.3 Å². The number of ether oxygens (including phenoxy) is 2. The number of methoxy groups -OCH3 is 1. The van der Waals surface area contributed by atoms with Crippen LogP contribution in [0.3, 0.4) is 0 Å². The van der Waals surface area contributed by atoms with Crippen molar-refractivity contribution in [1.29, 1.82) is 0 Å². The Bertz CT molecular complexity index is 929. The molecule has 0 aromatic heterocycles. The van der Waals surface area contributed by atoms with Gasteiger partial charge in [0.05, 0.1) is 18.2 Å². The van der Waals surface area contributed by atoms with Crippen molar-refractivity contribution < 1.29 is 33.4 Å². The van der Waals surface area contributed by atoms with Crippen LogP contribution in [0.2, 0.25) is 0 Å². The molecule has 0 spiro atoms. The zero-order chi connectivity index (χ0) is 21.1. The number of hydrogen-bond acceptors (Lipinski definition) is 8. The van der Waals surface area contributed by atoms with E-state index in [4.69, 9.17) is 9.47 Å². The topological polar surface area (TPSA) is 110 Å². The van der Waals surface area contributed by atoms with E-state index in [1.54, 1.807) is 31.2 Å². The molecule has 10 heteroatoms. The average molecular weight is 418 g/mol. The highest BCUT2D eigenvalue weighted by molar-refractivity contribution is 8.00. The number of fused-ring (bicyclic) bond motifs is 2. The number of hydrogen-bond donors (Lipinski definition) is 0. The number of amides is 3. The number of β-lactam (4-membered cyclic amide) rings is 1. The third-order valence-electron chi connectivity index (χ3n) is 5.35. The first-order valence-electron chi connectivity index (χ1n) is 8.89. The first kappa shape index (κ1) is 19.4. The molecule has 29 heavy (non-hydrogen) atoms. The minimum absolute atomic E-state index is 0.195. The summed E-state index contributed by atoms with van der Waals surface area (Å²) in [6, 6.07) is 4.19. The fourth-order valence-electron chi connectivity index (χ4n) is 4.13. The van der Waals surface area contributed by atoms with Crippen LogP contribution in [0, 0.1) is 0 Å². The van der Waals surface area contributed by atoms with Gasteiger partial charge in [-0.1, -0.05) is 12.1 Å². The summed E-state index contributed by atoms with van der Waals surface area (Å²) in [4.78, 5) is 64.8. The average Bonchev–Trinajstić information content (AvgIpc) is 2.92. The van der Waals surface area contributed by atoms with E-state index in [9.17, 15) is 24.0 Å². The van der Waals surface area contributed by atoms with E-state index >= 15 is 0 Å². The van der Waals surface area contributed by atoms with Crippen molar-refractivity contribution in [3.63, 3.8) is 0 Å². The first-order chi connectivity index (χ1) is 13.7. The maximum Gasteiger partial charge on any atom is 0.332 e. The smallest absolute Gasteiger partial charge is 0.332 e. The molecule has 2 fully saturated rings. The molecular weight excluding hydrogens is 400 g/mol. The summed E-state index contributed by atoms with van der Waals surface area (Å²) in [6.45, 7) is 2.78. The molecule has 152 valence electrons. The van der Waals surface area contributed by atoms with Crippen molar-refractivity contribution in [1.82, 2.24) is 9.80 Å². The van der Waals surface area contributed by atoms with Crippen LogP contribution < -0.4 is 0 Å². The molecule has 2 saturated heterocycles. The van der Waals surface area contributed by atoms with Crippen molar-refractivity contribution in [2.45, 2.75) is 36.9 Å². The largest absolute Gasteiger partial charge is 0.467 e. The van der Waals surface area contributed by atoms with Gasteiger partial charge in [0.2, 0.25) is 0 Å². The van der Waals surface area contributed by atoms with Gasteiger partial charge in [0.15, 0.2) is 6.04 Å². The Hall–Kier alpha value is -2.88. The molecule has 0 aliphatic carbocycles. The van der Waals surface area contributed by atoms with Crippen molar-refractivity contribution in [2.24, 2.45) is 0 Å². The zero-order valence-electron chi connectivity index (χ0n) is 15.9. The van der Waals surface area contributed by atoms with Crippen LogP contribution in [-0.2, 0) is 23.9 Å². The molecule has 3 aliphatic heterocycles. The second-order valence-corrected chi connectivity index (χ2v) is 8.35. The second kappa shape index (κ2) is 6.58. The first-order valence-corrected chi connectivity index (χ1v) is 9.94. The fourth-order valence-corrected chi connectivity index (χ4v) is 5.65. The molecule has 4 atom stereocenters. The number of rotatable bonds is 3. The minimum Gasteiger partial charge on any atom is -0.467 e. The van der Waals surface area contributed by atoms with Crippen LogP contribution in [0.4, 0.5) is 0 Å². The SMILES string of the molecule is COC(=O)C1N2C(=O)C(N3C(=O)c4ccccc4C3=O)[C@@H]2SCC1(C)OC(C)=O. The number of imide groups is 1. The Morgan fingerprint density at radius 1 is 1.14 bits per heavy atom. The lowest BCUT2D eigenvalue weighted by atomic mass is 9.90. The van der Waals surface area contributed by atoms with E-state index < -0.39 is 52.7 Å². The Morgan fingerprint density at radius 2 is 1.72 bits per heavy atom. The maximum absolute atomic E-state index is 13.0. The highest BCUT2D eigenvalue weighted by atomic mass is 32.2. The van der Waals surface area contributed by atoms with Crippen molar-refractivity contribution in [3.05, 3.63) is 35.4 Å². The lowest BCUT2D eigenvalue weighted by molar-refractivity contribution is -0.187. The predicted molar refractivity (Wildman–Crippen MR) is 99.8 cm³/mol. The number of nitrogens with zero attached hydrogens (tertiary/aromatic N) is 2. The van der Waals surface area contributed by atoms with Crippen LogP contribution in [0.1, 0.15) is 34.6 Å². The van der Waals surface area contributed by atoms with E-state index in [2.05, 4.69) is 0 Å². The molecular formula is C19H18N2O7S. The summed E-state index contributed by atoms with van der Waals surface area (Å²) >= 11 is 1.25. The van der Waals surface area contributed by atoms with E-state index in [-0.39, 0.29) is 16.9 Å². The molecule has 1 aromatic rings. The number of esters is 2. The Morgan fingerprint density at radius 3 is 2.24 bits per heavy atom. The van der Waals surface area contributed by atoms with E-state index in [1.165, 1.54) is 30.7 Å². The predicted octanol–water partition coefficient (Wildman–Crippen LogP) is 0.430. The minimum atomic E-state index is -1.29. The number of carbonyl (C=O) groups excluding carboxylic acids is 5. The van der Waals surface area contributed by atoms with Crippen LogP contribution in [0.5, 0.6) is 0 Å². The van der Waals surface area contributed by atoms with Gasteiger partial charge in [0.1, 0.15) is 17.0 Å². The van der Waals surface area contributed by atoms with Gasteiger partial charge < -0.3 is 14.4 Å². The van der Waals surface area contributed by atoms with E-state index in [0.29, 0.717) is 0 Å². The van der Waals surface area contributed by atoms with E-state index in [1.807, 2.05) is 0 Å². The third kappa shape index (κ3) is 2.65. The van der Waals surface area contributed by atoms with Gasteiger partial charge in [-0.05, 0) is 19.1 Å². The molecule has 9 nitrogen and oxygen atoms in total. The van der Waals surface area contributed by atoms with Gasteiger partial charge in [-0.15, -0.1) is 11.8 Å². The monoisotopic (exact) mass is 418 g/mol. The number of thioether (sulfide) groups is 1. The maximum atomic E-state index is 13.0. The highest BCUT2D eigenvalue weighted by Crippen LogP contribution is 2.47. The zero-order valence-corrected chi connectivity index (χ0v) is 16.7. The van der Waals surface area contributed by atoms with Gasteiger partial charge >= 0.3 is 11.9 Å². The van der Waals surface area contributed by atoms with Gasteiger partial charge in [-0.3, -0.25) is 24.1 Å². The summed E-state index contributed by atoms with van der Waals surface area (Å²) in [6.07, 6.45) is 0. The standard InChI is InChI=1S/C19H18N2O7S/c1-9(22)28-19(2)8-29-17-12(16(25)21(17)13(19)18(26)27-3)20-14(23)10-6-4-5-7-11(10)15(20)24/h4-7,12-13,17H,8H2,1-3H3/t12?,13?,17-,19?/m0/s1. The molecule has 0 bridgehead atoms. The Balaban J connectivity index is 1.66. The summed E-state index contributed by atoms with van der Waals surface area (Å²) in [5.74, 6) is -2.76. The van der Waals surface area contributed by atoms with Gasteiger partial charge in [-0.2, -0.15) is 0 Å². The van der Waals surface area contributed by atoms with Crippen molar-refractivity contribution >= 4 is 41.4 Å². The quantitative estimate of drug-likeness (QED) is 0.395. The lowest BCUT2D eigenvalue weighted by Crippen LogP contribution is -2.79. The molecule has 4 rings (SSSR count). The summed E-state index contributed by atoms with van der Waals surface area (Å²) in [5.41, 5.74) is -0.791. The van der Waals surface area contributed by atoms with Crippen molar-refractivity contribution in [2.75, 3.05) is 12.9 Å².